The molecule has 0 fully saturated rings. The van der Waals surface area contributed by atoms with Crippen LogP contribution < -0.4 is 0 Å². The van der Waals surface area contributed by atoms with Crippen LogP contribution in [0.1, 0.15) is 17.2 Å². The van der Waals surface area contributed by atoms with E-state index in [9.17, 15) is 9.50 Å². The molecule has 19 heavy (non-hydrogen) atoms. The van der Waals surface area contributed by atoms with Crippen LogP contribution in [-0.4, -0.2) is 5.11 Å². The van der Waals surface area contributed by atoms with E-state index >= 15 is 0 Å². The predicted molar refractivity (Wildman–Crippen MR) is 85.0 cm³/mol. The maximum absolute atomic E-state index is 14.1. The molecule has 0 aromatic heterocycles. The first-order valence-electron chi connectivity index (χ1n) is 5.17. The molecule has 0 spiro atoms. The van der Waals surface area contributed by atoms with Crippen molar-refractivity contribution in [2.24, 2.45) is 0 Å². The minimum Gasteiger partial charge on any atom is -0.384 e. The summed E-state index contributed by atoms with van der Waals surface area (Å²) in [5.41, 5.74) is 0.705. The summed E-state index contributed by atoms with van der Waals surface area (Å²) in [4.78, 5) is 0. The molecule has 2 rings (SSSR count). The van der Waals surface area contributed by atoms with E-state index in [1.165, 1.54) is 6.07 Å². The molecule has 2 aromatic carbocycles. The van der Waals surface area contributed by atoms with Gasteiger partial charge in [-0.25, -0.2) is 4.39 Å². The molecule has 1 N–H and O–H groups in total. The first kappa shape index (κ1) is 15.4. The zero-order valence-corrected chi connectivity index (χ0v) is 14.8. The third-order valence-corrected chi connectivity index (χ3v) is 4.73. The van der Waals surface area contributed by atoms with Crippen LogP contribution in [0.15, 0.2) is 43.7 Å². The van der Waals surface area contributed by atoms with Gasteiger partial charge in [0.2, 0.25) is 0 Å². The first-order valence-corrected chi connectivity index (χ1v) is 7.93. The van der Waals surface area contributed by atoms with Gasteiger partial charge in [-0.05, 0) is 45.8 Å². The molecule has 0 radical (unpaired) electrons. The van der Waals surface area contributed by atoms with Crippen molar-refractivity contribution in [1.82, 2.24) is 0 Å². The van der Waals surface area contributed by atoms with Gasteiger partial charge in [-0.2, -0.15) is 0 Å². The van der Waals surface area contributed by atoms with Crippen molar-refractivity contribution in [3.05, 3.63) is 65.7 Å². The second kappa shape index (κ2) is 6.22. The Morgan fingerprint density at radius 3 is 2.21 bits per heavy atom. The van der Waals surface area contributed by atoms with Gasteiger partial charge in [-0.3, -0.25) is 0 Å². The van der Waals surface area contributed by atoms with E-state index in [1.807, 2.05) is 6.07 Å². The molecule has 0 saturated carbocycles. The molecule has 0 aliphatic carbocycles. The molecule has 2 aromatic rings. The molecule has 0 amide bonds. The van der Waals surface area contributed by atoms with Crippen molar-refractivity contribution in [2.45, 2.75) is 6.10 Å². The van der Waals surface area contributed by atoms with E-state index in [0.29, 0.717) is 10.0 Å². The summed E-state index contributed by atoms with van der Waals surface area (Å²) >= 11 is 15.6. The number of hydrogen-bond donors (Lipinski definition) is 1. The van der Waals surface area contributed by atoms with E-state index in [2.05, 4.69) is 47.8 Å². The molecule has 0 saturated heterocycles. The number of rotatable bonds is 2. The lowest BCUT2D eigenvalue weighted by molar-refractivity contribution is 0.215. The molecule has 0 heterocycles. The molecule has 6 heteroatoms. The normalized spacial score (nSPS) is 12.5. The highest BCUT2D eigenvalue weighted by Gasteiger charge is 2.19. The maximum Gasteiger partial charge on any atom is 0.149 e. The summed E-state index contributed by atoms with van der Waals surface area (Å²) in [6.07, 6.45) is -1.08. The Morgan fingerprint density at radius 2 is 1.63 bits per heavy atom. The fraction of sp³-hybridized carbons (Fsp3) is 0.0769. The van der Waals surface area contributed by atoms with Crippen LogP contribution in [0.25, 0.3) is 0 Å². The lowest BCUT2D eigenvalue weighted by atomic mass is 10.0. The average molecular weight is 473 g/mol. The summed E-state index contributed by atoms with van der Waals surface area (Å²) in [5, 5.41) is 10.2. The second-order valence-electron chi connectivity index (χ2n) is 3.87. The van der Waals surface area contributed by atoms with Gasteiger partial charge in [0.1, 0.15) is 11.9 Å². The minimum atomic E-state index is -1.08. The average Bonchev–Trinajstić information content (AvgIpc) is 2.34. The molecule has 1 atom stereocenters. The van der Waals surface area contributed by atoms with E-state index in [-0.39, 0.29) is 10.6 Å². The number of aliphatic hydroxyl groups excluding tert-OH is 1. The van der Waals surface area contributed by atoms with Crippen molar-refractivity contribution in [1.29, 1.82) is 0 Å². The van der Waals surface area contributed by atoms with Crippen molar-refractivity contribution in [2.75, 3.05) is 0 Å². The molecule has 0 aliphatic heterocycles. The molecule has 0 bridgehead atoms. The van der Waals surface area contributed by atoms with E-state index in [1.54, 1.807) is 18.2 Å². The third-order valence-electron chi connectivity index (χ3n) is 2.56. The number of benzene rings is 2. The standard InChI is InChI=1S/C13H7Br3ClFO/c14-7-3-6(4-8(15)5-7)13(19)9-1-2-10(16)11(17)12(9)18/h1-5,13,19H. The minimum absolute atomic E-state index is 0.0365. The lowest BCUT2D eigenvalue weighted by Gasteiger charge is -2.14. The zero-order chi connectivity index (χ0) is 14.2. The second-order valence-corrected chi connectivity index (χ2v) is 6.93. The van der Waals surface area contributed by atoms with Gasteiger partial charge >= 0.3 is 0 Å². The van der Waals surface area contributed by atoms with Crippen LogP contribution in [0.5, 0.6) is 0 Å². The van der Waals surface area contributed by atoms with Gasteiger partial charge in [0.15, 0.2) is 0 Å². The van der Waals surface area contributed by atoms with Crippen LogP contribution in [0.4, 0.5) is 4.39 Å². The van der Waals surface area contributed by atoms with Crippen molar-refractivity contribution in [3.63, 3.8) is 0 Å². The van der Waals surface area contributed by atoms with Gasteiger partial charge < -0.3 is 5.11 Å². The Kier molecular flexibility index (Phi) is 5.06. The highest BCUT2D eigenvalue weighted by molar-refractivity contribution is 9.11. The summed E-state index contributed by atoms with van der Waals surface area (Å²) in [7, 11) is 0. The van der Waals surface area contributed by atoms with Crippen LogP contribution in [-0.2, 0) is 0 Å². The van der Waals surface area contributed by atoms with Crippen molar-refractivity contribution < 1.29 is 9.50 Å². The highest BCUT2D eigenvalue weighted by Crippen LogP contribution is 2.34. The molecule has 1 unspecified atom stereocenters. The van der Waals surface area contributed by atoms with Crippen LogP contribution in [0.3, 0.4) is 0 Å². The lowest BCUT2D eigenvalue weighted by Crippen LogP contribution is -2.03. The fourth-order valence-electron chi connectivity index (χ4n) is 1.66. The summed E-state index contributed by atoms with van der Waals surface area (Å²) in [6.45, 7) is 0. The molecule has 100 valence electrons. The number of aliphatic hydroxyl groups is 1. The van der Waals surface area contributed by atoms with Crippen LogP contribution in [0.2, 0.25) is 5.02 Å². The SMILES string of the molecule is OC(c1cc(Br)cc(Br)c1)c1ccc(Br)c(Cl)c1F. The van der Waals surface area contributed by atoms with E-state index in [0.717, 1.165) is 8.95 Å². The Balaban J connectivity index is 2.50. The molecule has 1 nitrogen and oxygen atoms in total. The van der Waals surface area contributed by atoms with Crippen LogP contribution >= 0.6 is 59.4 Å². The van der Waals surface area contributed by atoms with Gasteiger partial charge in [-0.15, -0.1) is 0 Å². The smallest absolute Gasteiger partial charge is 0.149 e. The number of halogens is 5. The largest absolute Gasteiger partial charge is 0.384 e. The van der Waals surface area contributed by atoms with Gasteiger partial charge in [0.05, 0.1) is 5.02 Å². The highest BCUT2D eigenvalue weighted by atomic mass is 79.9. The molecular weight excluding hydrogens is 466 g/mol. The first-order chi connectivity index (χ1) is 8.90. The van der Waals surface area contributed by atoms with Gasteiger partial charge in [0, 0.05) is 19.0 Å². The monoisotopic (exact) mass is 470 g/mol. The predicted octanol–water partition coefficient (Wildman–Crippen LogP) is 5.85. The summed E-state index contributed by atoms with van der Waals surface area (Å²) in [5.74, 6) is -0.625. The third kappa shape index (κ3) is 3.39. The summed E-state index contributed by atoms with van der Waals surface area (Å²) < 4.78 is 16.1. The zero-order valence-electron chi connectivity index (χ0n) is 9.30. The topological polar surface area (TPSA) is 20.2 Å². The van der Waals surface area contributed by atoms with E-state index in [4.69, 9.17) is 11.6 Å². The summed E-state index contributed by atoms with van der Waals surface area (Å²) in [6, 6.07) is 8.40. The maximum atomic E-state index is 14.1. The Bertz CT molecular complexity index is 613. The van der Waals surface area contributed by atoms with E-state index < -0.39 is 11.9 Å². The molecule has 0 aliphatic rings. The Hall–Kier alpha value is 0.0600. The van der Waals surface area contributed by atoms with Crippen molar-refractivity contribution >= 4 is 59.4 Å². The Labute approximate surface area is 140 Å². The fourth-order valence-corrected chi connectivity index (χ4v) is 3.47. The van der Waals surface area contributed by atoms with Gasteiger partial charge in [0.25, 0.3) is 0 Å². The van der Waals surface area contributed by atoms with Crippen LogP contribution in [0, 0.1) is 5.82 Å². The van der Waals surface area contributed by atoms with Crippen molar-refractivity contribution in [3.8, 4) is 0 Å². The number of hydrogen-bond acceptors (Lipinski definition) is 1. The van der Waals surface area contributed by atoms with Gasteiger partial charge in [-0.1, -0.05) is 49.5 Å². The quantitative estimate of drug-likeness (QED) is 0.543. The molecular formula is C13H7Br3ClFO. The Morgan fingerprint density at radius 1 is 1.05 bits per heavy atom.